The predicted octanol–water partition coefficient (Wildman–Crippen LogP) is 3.96. The van der Waals surface area contributed by atoms with Crippen LogP contribution in [0.4, 0.5) is 8.78 Å². The highest BCUT2D eigenvalue weighted by molar-refractivity contribution is 5.77. The van der Waals surface area contributed by atoms with Crippen LogP contribution >= 0.6 is 0 Å². The molecule has 198 valence electrons. The van der Waals surface area contributed by atoms with Gasteiger partial charge in [0.1, 0.15) is 5.76 Å². The number of rotatable bonds is 10. The van der Waals surface area contributed by atoms with Crippen molar-refractivity contribution in [1.82, 2.24) is 20.4 Å². The lowest BCUT2D eigenvalue weighted by atomic mass is 9.84. The summed E-state index contributed by atoms with van der Waals surface area (Å²) in [6, 6.07) is 5.50. The van der Waals surface area contributed by atoms with Crippen molar-refractivity contribution in [2.75, 3.05) is 32.8 Å². The molecule has 1 fully saturated rings. The van der Waals surface area contributed by atoms with Gasteiger partial charge in [0.05, 0.1) is 0 Å². The molecule has 1 saturated carbocycles. The smallest absolute Gasteiger partial charge is 0.278 e. The number of halogens is 2. The highest BCUT2D eigenvalue weighted by Crippen LogP contribution is 2.28. The zero-order chi connectivity index (χ0) is 25.5. The monoisotopic (exact) mass is 506 g/mol. The average Bonchev–Trinajstić information content (AvgIpc) is 3.15. The van der Waals surface area contributed by atoms with Crippen molar-refractivity contribution in [1.29, 1.82) is 0 Å². The first-order valence-electron chi connectivity index (χ1n) is 12.8. The molecular formula is C26H36F2N4O4. The van der Waals surface area contributed by atoms with Crippen LogP contribution in [0, 0.1) is 12.8 Å². The van der Waals surface area contributed by atoms with Crippen LogP contribution in [0.15, 0.2) is 22.7 Å². The summed E-state index contributed by atoms with van der Waals surface area (Å²) in [4.78, 5) is 19.1. The molecule has 0 spiro atoms. The SMILES string of the molecule is Cc1cc(OCC(=O)N[C@H]2CC[C@H](CCN3CCc4ccc(OCC(C)(F)F)nc4CC3)CC2)no1. The molecule has 0 bridgehead atoms. The second-order valence-electron chi connectivity index (χ2n) is 10.1. The summed E-state index contributed by atoms with van der Waals surface area (Å²) in [6.07, 6.45) is 7.01. The first kappa shape index (κ1) is 26.3. The fourth-order valence-corrected chi connectivity index (χ4v) is 4.89. The standard InChI is InChI=1S/C26H36F2N4O4/c1-18-15-25(31-36-18)34-16-23(33)29-21-6-3-19(4-7-21)9-12-32-13-10-20-5-8-24(30-22(20)11-14-32)35-17-26(2,27)28/h5,8,15,19,21H,3-4,6-7,9-14,16-17H2,1-2H3,(H,29,33)/t19-,21-. The number of aromatic nitrogens is 2. The van der Waals surface area contributed by atoms with Crippen LogP contribution in [0.25, 0.3) is 0 Å². The minimum absolute atomic E-state index is 0.0587. The summed E-state index contributed by atoms with van der Waals surface area (Å²) in [7, 11) is 0. The molecule has 1 aliphatic heterocycles. The van der Waals surface area contributed by atoms with Gasteiger partial charge in [-0.05, 0) is 68.6 Å². The van der Waals surface area contributed by atoms with Crippen molar-refractivity contribution in [3.05, 3.63) is 35.2 Å². The molecule has 0 unspecified atom stereocenters. The first-order chi connectivity index (χ1) is 17.2. The van der Waals surface area contributed by atoms with Gasteiger partial charge in [0.2, 0.25) is 5.88 Å². The van der Waals surface area contributed by atoms with E-state index in [-0.39, 0.29) is 24.4 Å². The molecule has 3 heterocycles. The molecule has 36 heavy (non-hydrogen) atoms. The lowest BCUT2D eigenvalue weighted by Crippen LogP contribution is -2.40. The zero-order valence-corrected chi connectivity index (χ0v) is 21.1. The van der Waals surface area contributed by atoms with Gasteiger partial charge in [-0.15, -0.1) is 0 Å². The highest BCUT2D eigenvalue weighted by Gasteiger charge is 2.25. The lowest BCUT2D eigenvalue weighted by molar-refractivity contribution is -0.124. The van der Waals surface area contributed by atoms with E-state index in [1.165, 1.54) is 5.56 Å². The summed E-state index contributed by atoms with van der Waals surface area (Å²) in [5, 5.41) is 6.80. The van der Waals surface area contributed by atoms with Crippen LogP contribution in [0.3, 0.4) is 0 Å². The Hall–Kier alpha value is -2.75. The molecule has 4 rings (SSSR count). The Kier molecular flexibility index (Phi) is 8.77. The van der Waals surface area contributed by atoms with Crippen LogP contribution in [-0.4, -0.2) is 65.8 Å². The van der Waals surface area contributed by atoms with E-state index in [9.17, 15) is 13.6 Å². The molecule has 0 atom stereocenters. The molecule has 2 aromatic heterocycles. The van der Waals surface area contributed by atoms with Crippen LogP contribution in [0.2, 0.25) is 0 Å². The molecule has 0 aromatic carbocycles. The van der Waals surface area contributed by atoms with Crippen LogP contribution < -0.4 is 14.8 Å². The predicted molar refractivity (Wildman–Crippen MR) is 129 cm³/mol. The van der Waals surface area contributed by atoms with Crippen LogP contribution in [0.1, 0.15) is 56.0 Å². The summed E-state index contributed by atoms with van der Waals surface area (Å²) < 4.78 is 41.6. The Morgan fingerprint density at radius 3 is 2.67 bits per heavy atom. The fraction of sp³-hybridized carbons (Fsp3) is 0.654. The van der Waals surface area contributed by atoms with Gasteiger partial charge < -0.3 is 24.2 Å². The van der Waals surface area contributed by atoms with Crippen molar-refractivity contribution in [2.24, 2.45) is 5.92 Å². The summed E-state index contributed by atoms with van der Waals surface area (Å²) in [5.41, 5.74) is 2.13. The topological polar surface area (TPSA) is 89.7 Å². The van der Waals surface area contributed by atoms with E-state index < -0.39 is 12.5 Å². The van der Waals surface area contributed by atoms with Gasteiger partial charge in [-0.25, -0.2) is 13.8 Å². The Morgan fingerprint density at radius 2 is 1.94 bits per heavy atom. The molecule has 10 heteroatoms. The number of carbonyl (C=O) groups is 1. The minimum Gasteiger partial charge on any atom is -0.471 e. The number of nitrogens with zero attached hydrogens (tertiary/aromatic N) is 3. The van der Waals surface area contributed by atoms with E-state index in [0.717, 1.165) is 77.2 Å². The average molecular weight is 507 g/mol. The number of hydrogen-bond donors (Lipinski definition) is 1. The van der Waals surface area contributed by atoms with E-state index in [4.69, 9.17) is 14.0 Å². The number of aryl methyl sites for hydroxylation is 1. The highest BCUT2D eigenvalue weighted by atomic mass is 19.3. The Balaban J connectivity index is 1.13. The van der Waals surface area contributed by atoms with Gasteiger partial charge in [-0.1, -0.05) is 6.07 Å². The van der Waals surface area contributed by atoms with Crippen molar-refractivity contribution < 1.29 is 27.6 Å². The molecule has 2 aliphatic rings. The summed E-state index contributed by atoms with van der Waals surface area (Å²) in [5.74, 6) is -1.10. The summed E-state index contributed by atoms with van der Waals surface area (Å²) in [6.45, 7) is 4.81. The number of amides is 1. The molecule has 1 aliphatic carbocycles. The van der Waals surface area contributed by atoms with Gasteiger partial charge >= 0.3 is 0 Å². The molecule has 0 radical (unpaired) electrons. The Labute approximate surface area is 210 Å². The number of alkyl halides is 2. The molecular weight excluding hydrogens is 470 g/mol. The Bertz CT molecular complexity index is 1000. The van der Waals surface area contributed by atoms with E-state index >= 15 is 0 Å². The second-order valence-corrected chi connectivity index (χ2v) is 10.1. The van der Waals surface area contributed by atoms with E-state index in [1.807, 2.05) is 6.07 Å². The van der Waals surface area contributed by atoms with Crippen molar-refractivity contribution in [2.45, 2.75) is 70.8 Å². The molecule has 1 N–H and O–H groups in total. The van der Waals surface area contributed by atoms with E-state index in [1.54, 1.807) is 19.1 Å². The maximum atomic E-state index is 13.1. The lowest BCUT2D eigenvalue weighted by Gasteiger charge is -2.30. The number of pyridine rings is 1. The van der Waals surface area contributed by atoms with Gasteiger partial charge in [0, 0.05) is 50.3 Å². The first-order valence-corrected chi connectivity index (χ1v) is 12.8. The zero-order valence-electron chi connectivity index (χ0n) is 21.1. The third kappa shape index (κ3) is 8.15. The van der Waals surface area contributed by atoms with E-state index in [2.05, 4.69) is 20.4 Å². The van der Waals surface area contributed by atoms with Crippen molar-refractivity contribution >= 4 is 5.91 Å². The quantitative estimate of drug-likeness (QED) is 0.522. The van der Waals surface area contributed by atoms with E-state index in [0.29, 0.717) is 17.6 Å². The number of fused-ring (bicyclic) bond motifs is 1. The van der Waals surface area contributed by atoms with Crippen LogP contribution in [0.5, 0.6) is 11.8 Å². The third-order valence-corrected chi connectivity index (χ3v) is 6.90. The summed E-state index contributed by atoms with van der Waals surface area (Å²) >= 11 is 0. The third-order valence-electron chi connectivity index (χ3n) is 6.90. The molecule has 8 nitrogen and oxygen atoms in total. The largest absolute Gasteiger partial charge is 0.471 e. The van der Waals surface area contributed by atoms with Gasteiger partial charge in [0.15, 0.2) is 13.2 Å². The van der Waals surface area contributed by atoms with Gasteiger partial charge in [-0.2, -0.15) is 0 Å². The number of hydrogen-bond acceptors (Lipinski definition) is 7. The number of carbonyl (C=O) groups excluding carboxylic acids is 1. The fourth-order valence-electron chi connectivity index (χ4n) is 4.89. The minimum atomic E-state index is -2.87. The van der Waals surface area contributed by atoms with Gasteiger partial charge in [0.25, 0.3) is 17.7 Å². The molecule has 1 amide bonds. The maximum Gasteiger partial charge on any atom is 0.278 e. The second kappa shape index (κ2) is 12.0. The molecule has 0 saturated heterocycles. The number of ether oxygens (including phenoxy) is 2. The Morgan fingerprint density at radius 1 is 1.17 bits per heavy atom. The normalized spacial score (nSPS) is 20.9. The van der Waals surface area contributed by atoms with Gasteiger partial charge in [-0.3, -0.25) is 4.79 Å². The number of nitrogens with one attached hydrogen (secondary N) is 1. The van der Waals surface area contributed by atoms with Crippen molar-refractivity contribution in [3.8, 4) is 11.8 Å². The van der Waals surface area contributed by atoms with Crippen molar-refractivity contribution in [3.63, 3.8) is 0 Å². The van der Waals surface area contributed by atoms with Crippen LogP contribution in [-0.2, 0) is 17.6 Å². The maximum absolute atomic E-state index is 13.1. The molecule has 2 aromatic rings.